The van der Waals surface area contributed by atoms with Gasteiger partial charge in [-0.15, -0.1) is 0 Å². The van der Waals surface area contributed by atoms with Gasteiger partial charge in [0.25, 0.3) is 5.69 Å². The predicted molar refractivity (Wildman–Crippen MR) is 81.8 cm³/mol. The molecule has 0 saturated carbocycles. The third-order valence-electron chi connectivity index (χ3n) is 2.59. The molecule has 0 spiro atoms. The monoisotopic (exact) mass is 343 g/mol. The molecule has 5 nitrogen and oxygen atoms in total. The average Bonchev–Trinajstić information content (AvgIpc) is 2.40. The molecule has 2 rings (SSSR count). The number of hydrogen-bond acceptors (Lipinski definition) is 5. The second kappa shape index (κ2) is 6.05. The van der Waals surface area contributed by atoms with Gasteiger partial charge < -0.3 is 0 Å². The lowest BCUT2D eigenvalue weighted by Gasteiger charge is -2.08. The van der Waals surface area contributed by atoms with Gasteiger partial charge >= 0.3 is 0 Å². The van der Waals surface area contributed by atoms with Gasteiger partial charge in [-0.1, -0.05) is 35.5 Å². The number of non-ortho nitro benzene ring substituents is 1. The van der Waals surface area contributed by atoms with E-state index in [1.54, 1.807) is 18.2 Å². The Morgan fingerprint density at radius 1 is 1.14 bits per heavy atom. The normalized spacial score (nSPS) is 11.3. The quantitative estimate of drug-likeness (QED) is 0.623. The molecule has 0 aliphatic carbocycles. The van der Waals surface area contributed by atoms with Crippen LogP contribution < -0.4 is 0 Å². The first-order valence-electron chi connectivity index (χ1n) is 5.70. The van der Waals surface area contributed by atoms with E-state index in [0.717, 1.165) is 18.0 Å². The highest BCUT2D eigenvalue weighted by molar-refractivity contribution is 8.00. The molecule has 2 aromatic rings. The largest absolute Gasteiger partial charge is 0.270 e. The molecule has 0 heterocycles. The van der Waals surface area contributed by atoms with Crippen molar-refractivity contribution in [3.05, 3.63) is 57.6 Å². The summed E-state index contributed by atoms with van der Waals surface area (Å²) in [6, 6.07) is 10.6. The third kappa shape index (κ3) is 3.75. The Morgan fingerprint density at radius 2 is 1.81 bits per heavy atom. The number of sulfone groups is 1. The highest BCUT2D eigenvalue weighted by Crippen LogP contribution is 2.37. The van der Waals surface area contributed by atoms with Crippen LogP contribution >= 0.6 is 23.4 Å². The Balaban J connectivity index is 2.42. The van der Waals surface area contributed by atoms with Gasteiger partial charge in [0.15, 0.2) is 9.84 Å². The van der Waals surface area contributed by atoms with Crippen LogP contribution in [-0.2, 0) is 9.84 Å². The molecule has 0 bridgehead atoms. The lowest BCUT2D eigenvalue weighted by Crippen LogP contribution is -1.98. The summed E-state index contributed by atoms with van der Waals surface area (Å²) < 4.78 is 23.5. The molecule has 0 aromatic heterocycles. The number of benzene rings is 2. The molecule has 8 heteroatoms. The Hall–Kier alpha value is -1.57. The third-order valence-corrected chi connectivity index (χ3v) is 5.46. The van der Waals surface area contributed by atoms with Crippen molar-refractivity contribution in [2.45, 2.75) is 14.7 Å². The van der Waals surface area contributed by atoms with Crippen LogP contribution in [0.25, 0.3) is 0 Å². The fourth-order valence-corrected chi connectivity index (χ4v) is 4.12. The molecule has 110 valence electrons. The van der Waals surface area contributed by atoms with Gasteiger partial charge in [0, 0.05) is 28.2 Å². The van der Waals surface area contributed by atoms with E-state index in [2.05, 4.69) is 0 Å². The van der Waals surface area contributed by atoms with E-state index in [0.29, 0.717) is 9.79 Å². The molecule has 0 fully saturated rings. The van der Waals surface area contributed by atoms with Gasteiger partial charge in [0.2, 0.25) is 0 Å². The van der Waals surface area contributed by atoms with Crippen molar-refractivity contribution in [2.24, 2.45) is 0 Å². The maximum Gasteiger partial charge on any atom is 0.270 e. The van der Waals surface area contributed by atoms with Crippen molar-refractivity contribution in [3.63, 3.8) is 0 Å². The molecule has 0 atom stereocenters. The number of hydrogen-bond donors (Lipinski definition) is 0. The smallest absolute Gasteiger partial charge is 0.258 e. The van der Waals surface area contributed by atoms with Gasteiger partial charge in [0.1, 0.15) is 0 Å². The number of nitro groups is 1. The number of nitrogens with zero attached hydrogens (tertiary/aromatic N) is 1. The second-order valence-electron chi connectivity index (χ2n) is 4.19. The lowest BCUT2D eigenvalue weighted by molar-refractivity contribution is -0.384. The van der Waals surface area contributed by atoms with Crippen molar-refractivity contribution in [1.29, 1.82) is 0 Å². The minimum atomic E-state index is -3.36. The molecule has 0 amide bonds. The van der Waals surface area contributed by atoms with E-state index in [4.69, 9.17) is 11.6 Å². The van der Waals surface area contributed by atoms with Gasteiger partial charge in [-0.3, -0.25) is 10.1 Å². The molecular formula is C13H10ClNO4S2. The lowest BCUT2D eigenvalue weighted by atomic mass is 10.3. The van der Waals surface area contributed by atoms with Crippen LogP contribution in [0.2, 0.25) is 5.02 Å². The highest BCUT2D eigenvalue weighted by atomic mass is 35.5. The van der Waals surface area contributed by atoms with Crippen LogP contribution in [0.3, 0.4) is 0 Å². The van der Waals surface area contributed by atoms with Crippen LogP contribution in [-0.4, -0.2) is 19.6 Å². The first-order chi connectivity index (χ1) is 9.79. The van der Waals surface area contributed by atoms with Crippen molar-refractivity contribution < 1.29 is 13.3 Å². The maximum atomic E-state index is 11.7. The van der Waals surface area contributed by atoms with Crippen molar-refractivity contribution in [1.82, 2.24) is 0 Å². The first kappa shape index (κ1) is 15.8. The van der Waals surface area contributed by atoms with Crippen LogP contribution in [0, 0.1) is 10.1 Å². The van der Waals surface area contributed by atoms with Crippen molar-refractivity contribution in [2.75, 3.05) is 6.26 Å². The summed E-state index contributed by atoms with van der Waals surface area (Å²) in [7, 11) is -3.36. The second-order valence-corrected chi connectivity index (χ2v) is 7.67. The van der Waals surface area contributed by atoms with Crippen LogP contribution in [0.4, 0.5) is 5.69 Å². The van der Waals surface area contributed by atoms with E-state index in [1.165, 1.54) is 24.3 Å². The fourth-order valence-electron chi connectivity index (χ4n) is 1.65. The summed E-state index contributed by atoms with van der Waals surface area (Å²) in [5.41, 5.74) is -0.110. The predicted octanol–water partition coefficient (Wildman–Crippen LogP) is 3.80. The molecule has 2 aromatic carbocycles. The van der Waals surface area contributed by atoms with E-state index in [9.17, 15) is 18.5 Å². The standard InChI is InChI=1S/C13H10ClNO4S2/c1-21(18,19)13-5-3-2-4-12(13)20-11-7-6-9(15(16)17)8-10(11)14/h2-8H,1H3. The van der Waals surface area contributed by atoms with E-state index < -0.39 is 14.8 Å². The van der Waals surface area contributed by atoms with Gasteiger partial charge in [-0.25, -0.2) is 8.42 Å². The topological polar surface area (TPSA) is 77.3 Å². The van der Waals surface area contributed by atoms with Gasteiger partial charge in [-0.05, 0) is 18.2 Å². The van der Waals surface area contributed by atoms with Crippen LogP contribution in [0.1, 0.15) is 0 Å². The molecule has 0 radical (unpaired) electrons. The Kier molecular flexibility index (Phi) is 4.55. The summed E-state index contributed by atoms with van der Waals surface area (Å²) >= 11 is 7.17. The minimum absolute atomic E-state index is 0.110. The summed E-state index contributed by atoms with van der Waals surface area (Å²) in [6.45, 7) is 0. The van der Waals surface area contributed by atoms with Crippen LogP contribution in [0.5, 0.6) is 0 Å². The molecule has 21 heavy (non-hydrogen) atoms. The van der Waals surface area contributed by atoms with Crippen LogP contribution in [0.15, 0.2) is 57.2 Å². The average molecular weight is 344 g/mol. The SMILES string of the molecule is CS(=O)(=O)c1ccccc1Sc1ccc([N+](=O)[O-])cc1Cl. The fraction of sp³-hybridized carbons (Fsp3) is 0.0769. The Bertz CT molecular complexity index is 806. The Labute approximate surface area is 131 Å². The van der Waals surface area contributed by atoms with Crippen molar-refractivity contribution >= 4 is 38.9 Å². The summed E-state index contributed by atoms with van der Waals surface area (Å²) in [4.78, 5) is 11.4. The summed E-state index contributed by atoms with van der Waals surface area (Å²) in [5, 5.41) is 10.9. The number of nitro benzene ring substituents is 1. The zero-order valence-electron chi connectivity index (χ0n) is 10.8. The highest BCUT2D eigenvalue weighted by Gasteiger charge is 2.16. The molecule has 0 aliphatic rings. The number of rotatable bonds is 4. The Morgan fingerprint density at radius 3 is 2.38 bits per heavy atom. The molecule has 0 saturated heterocycles. The van der Waals surface area contributed by atoms with Gasteiger partial charge in [0.05, 0.1) is 14.8 Å². The van der Waals surface area contributed by atoms with E-state index >= 15 is 0 Å². The number of halogens is 1. The van der Waals surface area contributed by atoms with Gasteiger partial charge in [-0.2, -0.15) is 0 Å². The summed E-state index contributed by atoms with van der Waals surface area (Å²) in [5.74, 6) is 0. The van der Waals surface area contributed by atoms with E-state index in [1.807, 2.05) is 0 Å². The maximum absolute atomic E-state index is 11.7. The molecule has 0 unspecified atom stereocenters. The molecule has 0 N–H and O–H groups in total. The van der Waals surface area contributed by atoms with E-state index in [-0.39, 0.29) is 15.6 Å². The molecule has 0 aliphatic heterocycles. The zero-order chi connectivity index (χ0) is 15.6. The minimum Gasteiger partial charge on any atom is -0.258 e. The summed E-state index contributed by atoms with van der Waals surface area (Å²) in [6.07, 6.45) is 1.13. The van der Waals surface area contributed by atoms with Crippen molar-refractivity contribution in [3.8, 4) is 0 Å². The molecular weight excluding hydrogens is 334 g/mol. The first-order valence-corrected chi connectivity index (χ1v) is 8.78. The zero-order valence-corrected chi connectivity index (χ0v) is 13.2.